The molecule has 0 bridgehead atoms. The van der Waals surface area contributed by atoms with Crippen molar-refractivity contribution in [2.45, 2.75) is 19.0 Å². The number of carbonyl (C=O) groups is 1. The molecule has 0 rings (SSSR count). The van der Waals surface area contributed by atoms with E-state index in [0.717, 1.165) is 14.2 Å². The van der Waals surface area contributed by atoms with Gasteiger partial charge in [0.15, 0.2) is 5.16 Å². The molecule has 1 N–H and O–H groups in total. The van der Waals surface area contributed by atoms with E-state index in [1.807, 2.05) is 0 Å². The lowest BCUT2D eigenvalue weighted by Gasteiger charge is -2.24. The number of hydrogen-bond donors (Lipinski definition) is 1. The molecule has 0 amide bonds. The molecule has 1 unspecified atom stereocenters. The summed E-state index contributed by atoms with van der Waals surface area (Å²) >= 11 is 0. The van der Waals surface area contributed by atoms with Crippen LogP contribution in [0.3, 0.4) is 0 Å². The topological polar surface area (TPSA) is 72.8 Å². The second kappa shape index (κ2) is 3.56. The minimum atomic E-state index is -3.92. The molecule has 0 aliphatic carbocycles. The maximum absolute atomic E-state index is 11.2. The molecule has 0 radical (unpaired) electrons. The molecule has 0 saturated heterocycles. The third-order valence-electron chi connectivity index (χ3n) is 1.64. The summed E-state index contributed by atoms with van der Waals surface area (Å²) in [6.07, 6.45) is 0. The molecule has 0 aromatic heterocycles. The Morgan fingerprint density at radius 3 is 2.08 bits per heavy atom. The van der Waals surface area contributed by atoms with Gasteiger partial charge in [0.05, 0.1) is 7.11 Å². The minimum absolute atomic E-state index is 0.768. The Morgan fingerprint density at radius 1 is 1.42 bits per heavy atom. The smallest absolute Gasteiger partial charge is 0.344 e. The number of carbonyl (C=O) groups excluding carboxylic acids is 1. The normalized spacial score (nSPS) is 16.8. The van der Waals surface area contributed by atoms with Gasteiger partial charge in [-0.2, -0.15) is 0 Å². The van der Waals surface area contributed by atoms with Crippen LogP contribution < -0.4 is 0 Å². The van der Waals surface area contributed by atoms with E-state index >= 15 is 0 Å². The fourth-order valence-corrected chi connectivity index (χ4v) is 1.37. The fraction of sp³-hybridized carbons (Fsp3) is 0.833. The van der Waals surface area contributed by atoms with Gasteiger partial charge >= 0.3 is 13.6 Å². The van der Waals surface area contributed by atoms with Crippen molar-refractivity contribution in [3.05, 3.63) is 0 Å². The van der Waals surface area contributed by atoms with Gasteiger partial charge < -0.3 is 14.2 Å². The van der Waals surface area contributed by atoms with Gasteiger partial charge in [-0.05, 0) is 13.8 Å². The molecule has 0 aliphatic rings. The van der Waals surface area contributed by atoms with Gasteiger partial charge in [0.1, 0.15) is 0 Å². The van der Waals surface area contributed by atoms with Crippen LogP contribution in [0.1, 0.15) is 13.8 Å². The van der Waals surface area contributed by atoms with E-state index in [9.17, 15) is 14.3 Å². The van der Waals surface area contributed by atoms with Crippen molar-refractivity contribution in [1.29, 1.82) is 0 Å². The lowest BCUT2D eigenvalue weighted by atomic mass is 10.2. The highest BCUT2D eigenvalue weighted by Crippen LogP contribution is 2.54. The van der Waals surface area contributed by atoms with Crippen LogP contribution in [-0.4, -0.2) is 30.2 Å². The summed E-state index contributed by atoms with van der Waals surface area (Å²) in [5, 5.41) is -1.52. The van der Waals surface area contributed by atoms with Crippen molar-refractivity contribution < 1.29 is 23.5 Å². The van der Waals surface area contributed by atoms with E-state index in [1.54, 1.807) is 0 Å². The molecule has 0 saturated carbocycles. The second-order valence-electron chi connectivity index (χ2n) is 2.75. The largest absolute Gasteiger partial charge is 0.468 e. The van der Waals surface area contributed by atoms with Crippen molar-refractivity contribution in [2.75, 3.05) is 14.2 Å². The first-order valence-corrected chi connectivity index (χ1v) is 4.84. The SMILES string of the molecule is COC(=O)C(C)(C)P(=O)(O)OC. The van der Waals surface area contributed by atoms with E-state index in [-0.39, 0.29) is 0 Å². The third-order valence-corrected chi connectivity index (χ3v) is 3.73. The molecule has 5 nitrogen and oxygen atoms in total. The Hall–Kier alpha value is -0.380. The third kappa shape index (κ3) is 1.86. The molecule has 0 spiro atoms. The average Bonchev–Trinajstić information content (AvgIpc) is 2.02. The molecule has 6 heteroatoms. The van der Waals surface area contributed by atoms with Crippen LogP contribution in [0.15, 0.2) is 0 Å². The highest BCUT2D eigenvalue weighted by molar-refractivity contribution is 7.55. The van der Waals surface area contributed by atoms with Crippen molar-refractivity contribution in [2.24, 2.45) is 0 Å². The Kier molecular flexibility index (Phi) is 3.45. The molecular weight excluding hydrogens is 183 g/mol. The van der Waals surface area contributed by atoms with Crippen molar-refractivity contribution in [3.63, 3.8) is 0 Å². The highest BCUT2D eigenvalue weighted by atomic mass is 31.2. The van der Waals surface area contributed by atoms with Gasteiger partial charge in [-0.1, -0.05) is 0 Å². The zero-order valence-corrected chi connectivity index (χ0v) is 8.42. The summed E-state index contributed by atoms with van der Waals surface area (Å²) in [7, 11) is -1.70. The number of rotatable bonds is 3. The van der Waals surface area contributed by atoms with Crippen molar-refractivity contribution in [3.8, 4) is 0 Å². The molecular formula is C6H13O5P. The van der Waals surface area contributed by atoms with Crippen LogP contribution in [-0.2, 0) is 18.6 Å². The molecule has 12 heavy (non-hydrogen) atoms. The number of esters is 1. The van der Waals surface area contributed by atoms with Crippen LogP contribution in [0.2, 0.25) is 0 Å². The fourth-order valence-electron chi connectivity index (χ4n) is 0.593. The van der Waals surface area contributed by atoms with Gasteiger partial charge in [0, 0.05) is 7.11 Å². The van der Waals surface area contributed by atoms with Gasteiger partial charge in [-0.25, -0.2) is 0 Å². The number of hydrogen-bond acceptors (Lipinski definition) is 4. The Morgan fingerprint density at radius 2 is 1.83 bits per heavy atom. The van der Waals surface area contributed by atoms with Crippen molar-refractivity contribution >= 4 is 13.6 Å². The maximum Gasteiger partial charge on any atom is 0.344 e. The molecule has 0 aliphatic heterocycles. The number of methoxy groups -OCH3 is 1. The van der Waals surface area contributed by atoms with Crippen LogP contribution in [0.25, 0.3) is 0 Å². The average molecular weight is 196 g/mol. The zero-order chi connectivity index (χ0) is 9.99. The minimum Gasteiger partial charge on any atom is -0.468 e. The van der Waals surface area contributed by atoms with E-state index in [0.29, 0.717) is 0 Å². The van der Waals surface area contributed by atoms with E-state index in [2.05, 4.69) is 9.26 Å². The van der Waals surface area contributed by atoms with Gasteiger partial charge in [-0.15, -0.1) is 0 Å². The highest BCUT2D eigenvalue weighted by Gasteiger charge is 2.47. The first kappa shape index (κ1) is 11.6. The van der Waals surface area contributed by atoms with E-state index < -0.39 is 18.7 Å². The molecule has 72 valence electrons. The molecule has 0 fully saturated rings. The lowest BCUT2D eigenvalue weighted by Crippen LogP contribution is -2.33. The van der Waals surface area contributed by atoms with Gasteiger partial charge in [0.2, 0.25) is 0 Å². The van der Waals surface area contributed by atoms with E-state index in [4.69, 9.17) is 0 Å². The Balaban J connectivity index is 4.84. The predicted molar refractivity (Wildman–Crippen MR) is 42.9 cm³/mol. The predicted octanol–water partition coefficient (Wildman–Crippen LogP) is 0.770. The molecule has 0 aromatic rings. The summed E-state index contributed by atoms with van der Waals surface area (Å²) in [5.41, 5.74) is 0. The first-order valence-electron chi connectivity index (χ1n) is 3.26. The van der Waals surface area contributed by atoms with Gasteiger partial charge in [0.25, 0.3) is 0 Å². The molecule has 1 atom stereocenters. The standard InChI is InChI=1S/C6H13O5P/c1-6(2,5(7)10-3)12(8,9)11-4/h1-4H3,(H,8,9). The first-order chi connectivity index (χ1) is 5.29. The van der Waals surface area contributed by atoms with Crippen LogP contribution in [0.4, 0.5) is 0 Å². The summed E-state index contributed by atoms with van der Waals surface area (Å²) in [6, 6.07) is 0. The van der Waals surface area contributed by atoms with Crippen LogP contribution in [0.5, 0.6) is 0 Å². The molecule has 0 heterocycles. The van der Waals surface area contributed by atoms with Crippen LogP contribution in [0, 0.1) is 0 Å². The summed E-state index contributed by atoms with van der Waals surface area (Å²) < 4.78 is 19.9. The summed E-state index contributed by atoms with van der Waals surface area (Å²) in [6.45, 7) is 2.59. The zero-order valence-electron chi connectivity index (χ0n) is 7.53. The quantitative estimate of drug-likeness (QED) is 0.533. The van der Waals surface area contributed by atoms with Gasteiger partial charge in [-0.3, -0.25) is 9.36 Å². The summed E-state index contributed by atoms with van der Waals surface area (Å²) in [4.78, 5) is 20.2. The monoisotopic (exact) mass is 196 g/mol. The lowest BCUT2D eigenvalue weighted by molar-refractivity contribution is -0.143. The Labute approximate surface area is 71.2 Å². The van der Waals surface area contributed by atoms with Crippen molar-refractivity contribution in [1.82, 2.24) is 0 Å². The number of ether oxygens (including phenoxy) is 1. The Bertz CT molecular complexity index is 222. The maximum atomic E-state index is 11.2. The van der Waals surface area contributed by atoms with Crippen LogP contribution >= 0.6 is 7.60 Å². The summed E-state index contributed by atoms with van der Waals surface area (Å²) in [5.74, 6) is -0.768. The molecule has 0 aromatic carbocycles. The second-order valence-corrected chi connectivity index (χ2v) is 5.28. The van der Waals surface area contributed by atoms with E-state index in [1.165, 1.54) is 13.8 Å².